The van der Waals surface area contributed by atoms with E-state index in [1.807, 2.05) is 11.3 Å². The molecule has 94 valence electrons. The normalized spacial score (nSPS) is 14.3. The summed E-state index contributed by atoms with van der Waals surface area (Å²) in [6.45, 7) is 2.97. The Morgan fingerprint density at radius 2 is 2.17 bits per heavy atom. The summed E-state index contributed by atoms with van der Waals surface area (Å²) in [6.07, 6.45) is 5.05. The van der Waals surface area contributed by atoms with Crippen LogP contribution >= 0.6 is 11.3 Å². The van der Waals surface area contributed by atoms with Crippen molar-refractivity contribution in [3.8, 4) is 0 Å². The molecule has 1 heterocycles. The lowest BCUT2D eigenvalue weighted by molar-refractivity contribution is 0.681. The Balaban J connectivity index is 1.68. The van der Waals surface area contributed by atoms with Crippen molar-refractivity contribution in [3.63, 3.8) is 0 Å². The highest BCUT2D eigenvalue weighted by molar-refractivity contribution is 7.11. The molecule has 0 atom stereocenters. The van der Waals surface area contributed by atoms with Gasteiger partial charge in [-0.25, -0.2) is 4.98 Å². The van der Waals surface area contributed by atoms with Crippen molar-refractivity contribution in [2.75, 3.05) is 5.32 Å². The van der Waals surface area contributed by atoms with Crippen LogP contribution in [0, 0.1) is 6.92 Å². The Labute approximate surface area is 112 Å². The van der Waals surface area contributed by atoms with Crippen molar-refractivity contribution >= 4 is 17.0 Å². The van der Waals surface area contributed by atoms with Gasteiger partial charge in [-0.05, 0) is 50.3 Å². The fraction of sp³-hybridized carbons (Fsp3) is 0.400. The van der Waals surface area contributed by atoms with E-state index >= 15 is 0 Å². The van der Waals surface area contributed by atoms with Crippen LogP contribution in [0.25, 0.3) is 0 Å². The summed E-state index contributed by atoms with van der Waals surface area (Å²) in [5, 5.41) is 4.68. The van der Waals surface area contributed by atoms with E-state index in [1.54, 1.807) is 0 Å². The van der Waals surface area contributed by atoms with Crippen molar-refractivity contribution < 1.29 is 0 Å². The molecule has 1 aromatic carbocycles. The number of aromatic nitrogens is 1. The van der Waals surface area contributed by atoms with Crippen LogP contribution in [0.15, 0.2) is 24.3 Å². The molecule has 0 aliphatic heterocycles. The number of rotatable bonds is 3. The fourth-order valence-corrected chi connectivity index (χ4v) is 3.51. The molecule has 0 fully saturated rings. The van der Waals surface area contributed by atoms with Gasteiger partial charge in [0.1, 0.15) is 5.01 Å². The van der Waals surface area contributed by atoms with Gasteiger partial charge in [-0.3, -0.25) is 0 Å². The second kappa shape index (κ2) is 5.11. The first-order valence-corrected chi connectivity index (χ1v) is 7.41. The number of hydrogen-bond donors (Lipinski definition) is 1. The van der Waals surface area contributed by atoms with E-state index in [2.05, 4.69) is 36.5 Å². The van der Waals surface area contributed by atoms with Gasteiger partial charge >= 0.3 is 0 Å². The standard InChI is InChI=1S/C15H18N2S/c1-11-5-4-6-12(9-11)16-10-15-17-13-7-2-3-8-14(13)18-15/h4-6,9,16H,2-3,7-8,10H2,1H3. The zero-order chi connectivity index (χ0) is 12.4. The average molecular weight is 258 g/mol. The quantitative estimate of drug-likeness (QED) is 0.902. The van der Waals surface area contributed by atoms with Gasteiger partial charge in [-0.1, -0.05) is 12.1 Å². The van der Waals surface area contributed by atoms with Crippen molar-refractivity contribution in [2.24, 2.45) is 0 Å². The van der Waals surface area contributed by atoms with Crippen LogP contribution in [0.2, 0.25) is 0 Å². The van der Waals surface area contributed by atoms with Crippen LogP contribution in [0.1, 0.15) is 34.0 Å². The predicted molar refractivity (Wildman–Crippen MR) is 77.3 cm³/mol. The molecule has 0 saturated heterocycles. The predicted octanol–water partition coefficient (Wildman–Crippen LogP) is 3.94. The van der Waals surface area contributed by atoms with Crippen molar-refractivity contribution in [2.45, 2.75) is 39.2 Å². The zero-order valence-corrected chi connectivity index (χ0v) is 11.5. The minimum atomic E-state index is 0.848. The fourth-order valence-electron chi connectivity index (χ4n) is 2.41. The topological polar surface area (TPSA) is 24.9 Å². The molecule has 2 nitrogen and oxygen atoms in total. The van der Waals surface area contributed by atoms with Crippen LogP contribution in [0.3, 0.4) is 0 Å². The molecule has 0 amide bonds. The first kappa shape index (κ1) is 11.7. The molecule has 0 saturated carbocycles. The monoisotopic (exact) mass is 258 g/mol. The molecular formula is C15H18N2S. The van der Waals surface area contributed by atoms with Gasteiger partial charge in [0.15, 0.2) is 0 Å². The molecule has 1 aliphatic carbocycles. The zero-order valence-electron chi connectivity index (χ0n) is 10.7. The molecule has 1 aliphatic rings. The van der Waals surface area contributed by atoms with Gasteiger partial charge in [0.2, 0.25) is 0 Å². The smallest absolute Gasteiger partial charge is 0.112 e. The van der Waals surface area contributed by atoms with Gasteiger partial charge in [-0.15, -0.1) is 11.3 Å². The molecule has 0 radical (unpaired) electrons. The largest absolute Gasteiger partial charge is 0.379 e. The third-order valence-electron chi connectivity index (χ3n) is 3.35. The minimum Gasteiger partial charge on any atom is -0.379 e. The maximum absolute atomic E-state index is 4.74. The number of aryl methyl sites for hydroxylation is 3. The van der Waals surface area contributed by atoms with Gasteiger partial charge in [0.05, 0.1) is 12.2 Å². The van der Waals surface area contributed by atoms with Crippen LogP contribution in [0.4, 0.5) is 5.69 Å². The van der Waals surface area contributed by atoms with E-state index in [0.29, 0.717) is 0 Å². The first-order chi connectivity index (χ1) is 8.81. The van der Waals surface area contributed by atoms with Crippen molar-refractivity contribution in [1.82, 2.24) is 4.98 Å². The molecule has 0 bridgehead atoms. The van der Waals surface area contributed by atoms with E-state index in [9.17, 15) is 0 Å². The Morgan fingerprint density at radius 1 is 1.28 bits per heavy atom. The lowest BCUT2D eigenvalue weighted by Crippen LogP contribution is -2.01. The number of benzene rings is 1. The van der Waals surface area contributed by atoms with E-state index < -0.39 is 0 Å². The van der Waals surface area contributed by atoms with Crippen LogP contribution < -0.4 is 5.32 Å². The Bertz CT molecular complexity index is 522. The van der Waals surface area contributed by atoms with Crippen LogP contribution in [-0.2, 0) is 19.4 Å². The highest BCUT2D eigenvalue weighted by atomic mass is 32.1. The first-order valence-electron chi connectivity index (χ1n) is 6.59. The van der Waals surface area contributed by atoms with Gasteiger partial charge in [-0.2, -0.15) is 0 Å². The molecule has 3 rings (SSSR count). The summed E-state index contributed by atoms with van der Waals surface area (Å²) in [6, 6.07) is 8.49. The third-order valence-corrected chi connectivity index (χ3v) is 4.51. The Morgan fingerprint density at radius 3 is 3.00 bits per heavy atom. The summed E-state index contributed by atoms with van der Waals surface area (Å²) >= 11 is 1.89. The second-order valence-electron chi connectivity index (χ2n) is 4.91. The Kier molecular flexibility index (Phi) is 3.33. The van der Waals surface area contributed by atoms with Crippen molar-refractivity contribution in [3.05, 3.63) is 45.4 Å². The molecule has 2 aromatic rings. The lowest BCUT2D eigenvalue weighted by Gasteiger charge is -2.06. The lowest BCUT2D eigenvalue weighted by atomic mass is 10.0. The summed E-state index contributed by atoms with van der Waals surface area (Å²) in [4.78, 5) is 6.26. The molecule has 3 heteroatoms. The average Bonchev–Trinajstić information content (AvgIpc) is 2.79. The molecular weight excluding hydrogens is 240 g/mol. The Hall–Kier alpha value is -1.35. The SMILES string of the molecule is Cc1cccc(NCc2nc3c(s2)CCCC3)c1. The summed E-state index contributed by atoms with van der Waals surface area (Å²) < 4.78 is 0. The molecule has 1 aromatic heterocycles. The van der Waals surface area contributed by atoms with Gasteiger partial charge in [0, 0.05) is 10.6 Å². The van der Waals surface area contributed by atoms with E-state index in [0.717, 1.165) is 6.54 Å². The highest BCUT2D eigenvalue weighted by Crippen LogP contribution is 2.27. The summed E-state index contributed by atoms with van der Waals surface area (Å²) in [5.41, 5.74) is 3.83. The third kappa shape index (κ3) is 2.56. The van der Waals surface area contributed by atoms with Crippen LogP contribution in [-0.4, -0.2) is 4.98 Å². The molecule has 0 unspecified atom stereocenters. The van der Waals surface area contributed by atoms with Crippen molar-refractivity contribution in [1.29, 1.82) is 0 Å². The number of nitrogens with zero attached hydrogens (tertiary/aromatic N) is 1. The molecule has 18 heavy (non-hydrogen) atoms. The van der Waals surface area contributed by atoms with Gasteiger partial charge in [0.25, 0.3) is 0 Å². The maximum Gasteiger partial charge on any atom is 0.112 e. The number of anilines is 1. The molecule has 0 spiro atoms. The van der Waals surface area contributed by atoms with E-state index in [1.165, 1.54) is 52.5 Å². The summed E-state index contributed by atoms with van der Waals surface area (Å²) in [7, 11) is 0. The minimum absolute atomic E-state index is 0.848. The van der Waals surface area contributed by atoms with E-state index in [4.69, 9.17) is 4.98 Å². The highest BCUT2D eigenvalue weighted by Gasteiger charge is 2.14. The van der Waals surface area contributed by atoms with E-state index in [-0.39, 0.29) is 0 Å². The number of thiazole rings is 1. The van der Waals surface area contributed by atoms with Gasteiger partial charge < -0.3 is 5.32 Å². The number of fused-ring (bicyclic) bond motifs is 1. The second-order valence-corrected chi connectivity index (χ2v) is 6.08. The maximum atomic E-state index is 4.74. The summed E-state index contributed by atoms with van der Waals surface area (Å²) in [5.74, 6) is 0. The van der Waals surface area contributed by atoms with Crippen LogP contribution in [0.5, 0.6) is 0 Å². The number of nitrogens with one attached hydrogen (secondary N) is 1. The number of hydrogen-bond acceptors (Lipinski definition) is 3. The molecule has 1 N–H and O–H groups in total.